The molecule has 2 unspecified atom stereocenters. The molecule has 2 aliphatic rings. The van der Waals surface area contributed by atoms with Gasteiger partial charge in [0, 0.05) is 18.3 Å². The molecule has 2 aromatic rings. The van der Waals surface area contributed by atoms with Gasteiger partial charge in [-0.1, -0.05) is 42.5 Å². The summed E-state index contributed by atoms with van der Waals surface area (Å²) in [4.78, 5) is 2.57. The third-order valence-corrected chi connectivity index (χ3v) is 4.75. The third-order valence-electron chi connectivity index (χ3n) is 4.75. The lowest BCUT2D eigenvalue weighted by atomic mass is 9.98. The Balaban J connectivity index is 1.77. The fourth-order valence-corrected chi connectivity index (χ4v) is 3.83. The molecule has 1 aliphatic heterocycles. The summed E-state index contributed by atoms with van der Waals surface area (Å²) >= 11 is 0. The molecule has 0 aromatic heterocycles. The van der Waals surface area contributed by atoms with Crippen molar-refractivity contribution in [2.24, 2.45) is 5.73 Å². The van der Waals surface area contributed by atoms with Crippen molar-refractivity contribution in [3.8, 4) is 0 Å². The van der Waals surface area contributed by atoms with Gasteiger partial charge in [0.15, 0.2) is 0 Å². The summed E-state index contributed by atoms with van der Waals surface area (Å²) in [6.07, 6.45) is 3.48. The molecule has 20 heavy (non-hydrogen) atoms. The van der Waals surface area contributed by atoms with Gasteiger partial charge in [0.1, 0.15) is 0 Å². The van der Waals surface area contributed by atoms with Crippen LogP contribution in [0, 0.1) is 0 Å². The minimum Gasteiger partial charge on any atom is -0.364 e. The molecule has 0 saturated carbocycles. The van der Waals surface area contributed by atoms with E-state index >= 15 is 0 Å². The van der Waals surface area contributed by atoms with Gasteiger partial charge >= 0.3 is 0 Å². The molecule has 4 rings (SSSR count). The molecule has 1 aliphatic carbocycles. The zero-order chi connectivity index (χ0) is 13.5. The normalized spacial score (nSPS) is 24.4. The van der Waals surface area contributed by atoms with Crippen molar-refractivity contribution in [3.05, 3.63) is 65.2 Å². The monoisotopic (exact) mass is 264 g/mol. The van der Waals surface area contributed by atoms with E-state index in [9.17, 15) is 0 Å². The van der Waals surface area contributed by atoms with Gasteiger partial charge in [0.2, 0.25) is 0 Å². The van der Waals surface area contributed by atoms with Gasteiger partial charge < -0.3 is 10.6 Å². The van der Waals surface area contributed by atoms with Crippen LogP contribution in [0.1, 0.15) is 41.6 Å². The Morgan fingerprint density at radius 3 is 2.60 bits per heavy atom. The van der Waals surface area contributed by atoms with Gasteiger partial charge in [-0.15, -0.1) is 0 Å². The second kappa shape index (κ2) is 4.64. The first-order valence-corrected chi connectivity index (χ1v) is 7.53. The first kappa shape index (κ1) is 12.0. The Bertz CT molecular complexity index is 635. The molecule has 0 saturated heterocycles. The fourth-order valence-electron chi connectivity index (χ4n) is 3.83. The number of anilines is 1. The largest absolute Gasteiger partial charge is 0.364 e. The fraction of sp³-hybridized carbons (Fsp3) is 0.333. The van der Waals surface area contributed by atoms with E-state index in [0.717, 1.165) is 13.0 Å². The summed E-state index contributed by atoms with van der Waals surface area (Å²) in [5, 5.41) is 0. The molecule has 0 amide bonds. The van der Waals surface area contributed by atoms with Crippen LogP contribution in [-0.4, -0.2) is 6.54 Å². The van der Waals surface area contributed by atoms with Crippen LogP contribution in [-0.2, 0) is 6.42 Å². The Morgan fingerprint density at radius 2 is 1.70 bits per heavy atom. The molecule has 2 heteroatoms. The Labute approximate surface area is 120 Å². The Hall–Kier alpha value is -1.80. The number of para-hydroxylation sites is 1. The van der Waals surface area contributed by atoms with Crippen molar-refractivity contribution in [2.75, 3.05) is 11.4 Å². The van der Waals surface area contributed by atoms with E-state index < -0.39 is 0 Å². The highest BCUT2D eigenvalue weighted by Crippen LogP contribution is 2.44. The number of aryl methyl sites for hydroxylation is 1. The number of fused-ring (bicyclic) bond motifs is 2. The van der Waals surface area contributed by atoms with Crippen molar-refractivity contribution >= 4 is 5.69 Å². The molecule has 0 spiro atoms. The van der Waals surface area contributed by atoms with Crippen molar-refractivity contribution < 1.29 is 0 Å². The van der Waals surface area contributed by atoms with Gasteiger partial charge in [-0.2, -0.15) is 0 Å². The number of rotatable bonds is 1. The van der Waals surface area contributed by atoms with Crippen LogP contribution in [0.4, 0.5) is 5.69 Å². The summed E-state index contributed by atoms with van der Waals surface area (Å²) in [5.74, 6) is 0. The summed E-state index contributed by atoms with van der Waals surface area (Å²) in [7, 11) is 0. The van der Waals surface area contributed by atoms with Gasteiger partial charge in [0.05, 0.1) is 6.04 Å². The van der Waals surface area contributed by atoms with Crippen LogP contribution >= 0.6 is 0 Å². The number of hydrogen-bond donors (Lipinski definition) is 1. The molecular weight excluding hydrogens is 244 g/mol. The van der Waals surface area contributed by atoms with E-state index in [1.54, 1.807) is 0 Å². The van der Waals surface area contributed by atoms with E-state index in [0.29, 0.717) is 6.04 Å². The lowest BCUT2D eigenvalue weighted by molar-refractivity contribution is 0.542. The number of hydrogen-bond acceptors (Lipinski definition) is 2. The highest BCUT2D eigenvalue weighted by atomic mass is 15.2. The van der Waals surface area contributed by atoms with Crippen LogP contribution in [0.15, 0.2) is 48.5 Å². The lowest BCUT2D eigenvalue weighted by Gasteiger charge is -2.36. The maximum absolute atomic E-state index is 6.34. The van der Waals surface area contributed by atoms with Crippen molar-refractivity contribution in [1.82, 2.24) is 0 Å². The minimum absolute atomic E-state index is 0.185. The second-order valence-corrected chi connectivity index (χ2v) is 5.91. The van der Waals surface area contributed by atoms with Crippen molar-refractivity contribution in [1.29, 1.82) is 0 Å². The van der Waals surface area contributed by atoms with Gasteiger partial charge in [-0.3, -0.25) is 0 Å². The average Bonchev–Trinajstić information content (AvgIpc) is 2.84. The van der Waals surface area contributed by atoms with Crippen LogP contribution in [0.3, 0.4) is 0 Å². The van der Waals surface area contributed by atoms with E-state index in [2.05, 4.69) is 53.4 Å². The highest BCUT2D eigenvalue weighted by molar-refractivity contribution is 5.58. The predicted octanol–water partition coefficient (Wildman–Crippen LogP) is 3.58. The molecule has 0 radical (unpaired) electrons. The van der Waals surface area contributed by atoms with E-state index in [4.69, 9.17) is 5.73 Å². The zero-order valence-corrected chi connectivity index (χ0v) is 11.6. The van der Waals surface area contributed by atoms with Gasteiger partial charge in [-0.25, -0.2) is 0 Å². The number of nitrogens with two attached hydrogens (primary N) is 1. The molecule has 0 fully saturated rings. The SMILES string of the molecule is NC1CC(N2CCCc3ccccc32)c2ccccc21. The van der Waals surface area contributed by atoms with Crippen molar-refractivity contribution in [2.45, 2.75) is 31.3 Å². The molecule has 2 N–H and O–H groups in total. The lowest BCUT2D eigenvalue weighted by Crippen LogP contribution is -2.32. The number of nitrogens with zero attached hydrogens (tertiary/aromatic N) is 1. The van der Waals surface area contributed by atoms with E-state index in [1.165, 1.54) is 35.2 Å². The molecule has 0 bridgehead atoms. The van der Waals surface area contributed by atoms with Gasteiger partial charge in [0.25, 0.3) is 0 Å². The zero-order valence-electron chi connectivity index (χ0n) is 11.6. The molecule has 2 nitrogen and oxygen atoms in total. The van der Waals surface area contributed by atoms with Crippen LogP contribution < -0.4 is 10.6 Å². The van der Waals surface area contributed by atoms with E-state index in [1.807, 2.05) is 0 Å². The Morgan fingerprint density at radius 1 is 0.950 bits per heavy atom. The maximum Gasteiger partial charge on any atom is 0.0563 e. The molecule has 2 atom stereocenters. The molecular formula is C18H20N2. The maximum atomic E-state index is 6.34. The quantitative estimate of drug-likeness (QED) is 0.853. The molecule has 1 heterocycles. The minimum atomic E-state index is 0.185. The summed E-state index contributed by atoms with van der Waals surface area (Å²) in [6.45, 7) is 1.14. The first-order valence-electron chi connectivity index (χ1n) is 7.53. The standard InChI is InChI=1S/C18H20N2/c19-16-12-18(15-9-3-2-8-14(15)16)20-11-5-7-13-6-1-4-10-17(13)20/h1-4,6,8-10,16,18H,5,7,11-12,19H2. The van der Waals surface area contributed by atoms with E-state index in [-0.39, 0.29) is 6.04 Å². The van der Waals surface area contributed by atoms with Crippen LogP contribution in [0.25, 0.3) is 0 Å². The highest BCUT2D eigenvalue weighted by Gasteiger charge is 2.34. The van der Waals surface area contributed by atoms with Gasteiger partial charge in [-0.05, 0) is 42.0 Å². The molecule has 102 valence electrons. The molecule has 2 aromatic carbocycles. The van der Waals surface area contributed by atoms with Crippen LogP contribution in [0.2, 0.25) is 0 Å². The third kappa shape index (κ3) is 1.75. The average molecular weight is 264 g/mol. The smallest absolute Gasteiger partial charge is 0.0563 e. The Kier molecular flexibility index (Phi) is 2.78. The topological polar surface area (TPSA) is 29.3 Å². The summed E-state index contributed by atoms with van der Waals surface area (Å²) in [6, 6.07) is 18.1. The first-order chi connectivity index (χ1) is 9.84. The summed E-state index contributed by atoms with van der Waals surface area (Å²) < 4.78 is 0. The predicted molar refractivity (Wildman–Crippen MR) is 82.8 cm³/mol. The summed E-state index contributed by atoms with van der Waals surface area (Å²) in [5.41, 5.74) is 12.0. The second-order valence-electron chi connectivity index (χ2n) is 5.91. The van der Waals surface area contributed by atoms with Crippen LogP contribution in [0.5, 0.6) is 0 Å². The van der Waals surface area contributed by atoms with Crippen molar-refractivity contribution in [3.63, 3.8) is 0 Å². The number of benzene rings is 2.